The van der Waals surface area contributed by atoms with E-state index in [2.05, 4.69) is 10.2 Å². The molecule has 0 unspecified atom stereocenters. The molecule has 1 aromatic rings. The fraction of sp³-hybridized carbons (Fsp3) is 0.576. The molecule has 3 fully saturated rings. The average Bonchev–Trinajstić information content (AvgIpc) is 3.45. The minimum Gasteiger partial charge on any atom is -0.455 e. The van der Waals surface area contributed by atoms with Crippen LogP contribution in [-0.2, 0) is 33.4 Å². The second-order valence-corrected chi connectivity index (χ2v) is 12.4. The maximum atomic E-state index is 14.4. The molecular formula is C33H42N4O8. The molecule has 12 heteroatoms. The lowest BCUT2D eigenvalue weighted by Crippen LogP contribution is -2.58. The quantitative estimate of drug-likeness (QED) is 0.342. The van der Waals surface area contributed by atoms with E-state index in [0.717, 1.165) is 13.1 Å². The normalized spacial score (nSPS) is 34.0. The number of hydrogen-bond acceptors (Lipinski definition) is 9. The molecule has 5 heterocycles. The van der Waals surface area contributed by atoms with Crippen LogP contribution >= 0.6 is 0 Å². The molecule has 12 nitrogen and oxygen atoms in total. The van der Waals surface area contributed by atoms with Gasteiger partial charge in [0.05, 0.1) is 44.4 Å². The molecule has 3 amide bonds. The third kappa shape index (κ3) is 6.04. The van der Waals surface area contributed by atoms with Gasteiger partial charge in [-0.1, -0.05) is 54.6 Å². The second kappa shape index (κ2) is 13.4. The molecule has 2 N–H and O–H groups in total. The smallest absolute Gasteiger partial charge is 0.313 e. The molecule has 0 radical (unpaired) electrons. The number of amides is 3. The first kappa shape index (κ1) is 31.4. The van der Waals surface area contributed by atoms with Crippen molar-refractivity contribution in [3.05, 3.63) is 60.2 Å². The molecule has 1 aromatic carbocycles. The number of fused-ring (bicyclic) bond motifs is 2. The number of aliphatic hydroxyl groups excluding tert-OH is 1. The van der Waals surface area contributed by atoms with Gasteiger partial charge in [0.2, 0.25) is 17.7 Å². The van der Waals surface area contributed by atoms with Crippen LogP contribution in [0.5, 0.6) is 0 Å². The van der Waals surface area contributed by atoms with Gasteiger partial charge in [-0.15, -0.1) is 0 Å². The summed E-state index contributed by atoms with van der Waals surface area (Å²) in [6.45, 7) is 5.70. The Balaban J connectivity index is 1.35. The maximum absolute atomic E-state index is 14.4. The van der Waals surface area contributed by atoms with Crippen LogP contribution in [0.2, 0.25) is 0 Å². The Morgan fingerprint density at radius 2 is 1.82 bits per heavy atom. The van der Waals surface area contributed by atoms with E-state index >= 15 is 0 Å². The zero-order valence-corrected chi connectivity index (χ0v) is 25.6. The summed E-state index contributed by atoms with van der Waals surface area (Å²) >= 11 is 0. The van der Waals surface area contributed by atoms with E-state index in [1.807, 2.05) is 36.4 Å². The van der Waals surface area contributed by atoms with Crippen molar-refractivity contribution in [3.8, 4) is 0 Å². The van der Waals surface area contributed by atoms with E-state index in [0.29, 0.717) is 44.8 Å². The predicted molar refractivity (Wildman–Crippen MR) is 161 cm³/mol. The number of allylic oxidation sites excluding steroid dienone is 1. The fourth-order valence-electron chi connectivity index (χ4n) is 7.24. The number of aliphatic hydroxyl groups is 1. The van der Waals surface area contributed by atoms with Gasteiger partial charge in [0.15, 0.2) is 0 Å². The summed E-state index contributed by atoms with van der Waals surface area (Å²) in [7, 11) is 0. The highest BCUT2D eigenvalue weighted by Gasteiger charge is 2.72. The van der Waals surface area contributed by atoms with E-state index < -0.39 is 53.6 Å². The first-order valence-corrected chi connectivity index (χ1v) is 15.9. The number of esters is 1. The highest BCUT2D eigenvalue weighted by Crippen LogP contribution is 2.53. The second-order valence-electron chi connectivity index (χ2n) is 12.4. The van der Waals surface area contributed by atoms with Gasteiger partial charge in [0.1, 0.15) is 23.7 Å². The number of nitrogens with zero attached hydrogens (tertiary/aromatic N) is 3. The summed E-state index contributed by atoms with van der Waals surface area (Å²) in [5, 5.41) is 13.1. The molecule has 5 aliphatic heterocycles. The molecule has 0 bridgehead atoms. The van der Waals surface area contributed by atoms with Crippen LogP contribution in [0.1, 0.15) is 31.4 Å². The van der Waals surface area contributed by atoms with Crippen LogP contribution in [0.4, 0.5) is 0 Å². The lowest BCUT2D eigenvalue weighted by molar-refractivity contribution is -0.160. The number of morpholine rings is 1. The number of cyclic esters (lactones) is 1. The van der Waals surface area contributed by atoms with Gasteiger partial charge in [-0.05, 0) is 18.9 Å². The van der Waals surface area contributed by atoms with Gasteiger partial charge in [-0.3, -0.25) is 24.1 Å². The fourth-order valence-corrected chi connectivity index (χ4v) is 7.24. The molecule has 3 saturated heterocycles. The SMILES string of the molecule is C[C@H](CO)N1C(=O)[C@H]2[C@@H]3C(=O)O[C@@H](c4ccccc4)CNC(=O)CC/C=C\[C@@H]3O[C@]23C=CCN(CCN2CCOCC2)C(=O)[C@H]13. The zero-order valence-electron chi connectivity index (χ0n) is 25.6. The Bertz CT molecular complexity index is 1330. The lowest BCUT2D eigenvalue weighted by atomic mass is 9.78. The van der Waals surface area contributed by atoms with Crippen molar-refractivity contribution in [3.63, 3.8) is 0 Å². The first-order valence-electron chi connectivity index (χ1n) is 15.9. The highest BCUT2D eigenvalue weighted by molar-refractivity contribution is 5.99. The molecule has 5 aliphatic rings. The van der Waals surface area contributed by atoms with Gasteiger partial charge in [-0.25, -0.2) is 0 Å². The Hall–Kier alpha value is -3.58. The van der Waals surface area contributed by atoms with E-state index in [9.17, 15) is 24.3 Å². The van der Waals surface area contributed by atoms with Crippen molar-refractivity contribution in [1.29, 1.82) is 0 Å². The van der Waals surface area contributed by atoms with E-state index in [1.165, 1.54) is 4.90 Å². The molecule has 45 heavy (non-hydrogen) atoms. The maximum Gasteiger partial charge on any atom is 0.313 e. The summed E-state index contributed by atoms with van der Waals surface area (Å²) in [6, 6.07) is 7.38. The largest absolute Gasteiger partial charge is 0.455 e. The van der Waals surface area contributed by atoms with Gasteiger partial charge in [-0.2, -0.15) is 0 Å². The summed E-state index contributed by atoms with van der Waals surface area (Å²) in [5.41, 5.74) is -0.740. The number of benzene rings is 1. The minimum absolute atomic E-state index is 0.0765. The topological polar surface area (TPSA) is 138 Å². The van der Waals surface area contributed by atoms with E-state index in [-0.39, 0.29) is 31.4 Å². The molecule has 6 rings (SSSR count). The molecule has 1 spiro atoms. The number of nitrogens with one attached hydrogen (secondary N) is 1. The summed E-state index contributed by atoms with van der Waals surface area (Å²) < 4.78 is 18.3. The third-order valence-corrected chi connectivity index (χ3v) is 9.59. The van der Waals surface area contributed by atoms with E-state index in [4.69, 9.17) is 14.2 Å². The van der Waals surface area contributed by atoms with Crippen LogP contribution in [0.15, 0.2) is 54.6 Å². The van der Waals surface area contributed by atoms with Crippen LogP contribution in [-0.4, -0.2) is 126 Å². The molecule has 0 aromatic heterocycles. The van der Waals surface area contributed by atoms with Crippen LogP contribution in [0, 0.1) is 11.8 Å². The molecule has 242 valence electrons. The molecule has 0 saturated carbocycles. The van der Waals surface area contributed by atoms with Gasteiger partial charge in [0.25, 0.3) is 0 Å². The number of ether oxygens (including phenoxy) is 3. The molecule has 0 aliphatic carbocycles. The Morgan fingerprint density at radius 1 is 1.04 bits per heavy atom. The zero-order chi connectivity index (χ0) is 31.6. The molecule has 7 atom stereocenters. The van der Waals surface area contributed by atoms with Gasteiger partial charge in [0, 0.05) is 39.1 Å². The standard InChI is InChI=1S/C33H42N4O8/c1-22(21-38)37-29-31(41)36(15-14-35-16-18-43-19-17-35)13-7-12-33(29)28(30(37)40)27-24(45-33)10-5-6-11-26(39)34-20-25(44-32(27)42)23-8-3-2-4-9-23/h2-5,7-10,12,22,24-25,27-29,38H,6,11,13-21H2,1H3,(H,34,39)/b10-5-/t22-,24+,25-,27-,28-,29+,33-/m1/s1. The summed E-state index contributed by atoms with van der Waals surface area (Å²) in [4.78, 5) is 60.9. The predicted octanol–water partition coefficient (Wildman–Crippen LogP) is 0.429. The number of carbonyl (C=O) groups excluding carboxylic acids is 4. The van der Waals surface area contributed by atoms with Gasteiger partial charge < -0.3 is 34.4 Å². The molecular weight excluding hydrogens is 580 g/mol. The van der Waals surface area contributed by atoms with Crippen molar-refractivity contribution in [2.75, 3.05) is 59.1 Å². The number of likely N-dealkylation sites (tertiary alicyclic amines) is 1. The van der Waals surface area contributed by atoms with Crippen molar-refractivity contribution in [2.24, 2.45) is 11.8 Å². The average molecular weight is 623 g/mol. The Morgan fingerprint density at radius 3 is 2.58 bits per heavy atom. The Labute approximate surface area is 262 Å². The van der Waals surface area contributed by atoms with Crippen LogP contribution in [0.25, 0.3) is 0 Å². The number of hydrogen-bond donors (Lipinski definition) is 2. The monoisotopic (exact) mass is 622 g/mol. The van der Waals surface area contributed by atoms with Crippen LogP contribution < -0.4 is 5.32 Å². The first-order chi connectivity index (χ1) is 21.8. The summed E-state index contributed by atoms with van der Waals surface area (Å²) in [5.74, 6) is -3.62. The minimum atomic E-state index is -1.44. The highest BCUT2D eigenvalue weighted by atomic mass is 16.6. The van der Waals surface area contributed by atoms with Crippen LogP contribution in [0.3, 0.4) is 0 Å². The number of carbonyl (C=O) groups is 4. The lowest BCUT2D eigenvalue weighted by Gasteiger charge is -2.38. The Kier molecular flexibility index (Phi) is 9.36. The van der Waals surface area contributed by atoms with E-state index in [1.54, 1.807) is 30.1 Å². The summed E-state index contributed by atoms with van der Waals surface area (Å²) in [6.07, 6.45) is 6.12. The van der Waals surface area contributed by atoms with Gasteiger partial charge >= 0.3 is 5.97 Å². The van der Waals surface area contributed by atoms with Crippen molar-refractivity contribution >= 4 is 23.7 Å². The van der Waals surface area contributed by atoms with Crippen molar-refractivity contribution in [1.82, 2.24) is 20.0 Å². The van der Waals surface area contributed by atoms with Crippen molar-refractivity contribution in [2.45, 2.75) is 49.7 Å². The third-order valence-electron chi connectivity index (χ3n) is 9.59. The van der Waals surface area contributed by atoms with Crippen molar-refractivity contribution < 1.29 is 38.5 Å². The number of rotatable bonds is 6.